The number of nitrogens with one attached hydrogen (secondary N) is 1. The van der Waals surface area contributed by atoms with Crippen molar-refractivity contribution in [2.45, 2.75) is 13.2 Å². The maximum Gasteiger partial charge on any atom is 0.331 e. The molecule has 0 aliphatic carbocycles. The van der Waals surface area contributed by atoms with E-state index in [1.54, 1.807) is 6.92 Å². The number of aromatic nitrogens is 2. The van der Waals surface area contributed by atoms with Crippen LogP contribution in [-0.2, 0) is 14.3 Å². The first kappa shape index (κ1) is 20.4. The van der Waals surface area contributed by atoms with Crippen molar-refractivity contribution in [3.05, 3.63) is 43.5 Å². The van der Waals surface area contributed by atoms with Crippen LogP contribution < -0.4 is 5.32 Å². The summed E-state index contributed by atoms with van der Waals surface area (Å²) in [6.45, 7) is 1.20. The van der Waals surface area contributed by atoms with E-state index in [1.807, 2.05) is 0 Å². The number of anilines is 1. The number of methoxy groups -OCH3 is 1. The van der Waals surface area contributed by atoms with Crippen LogP contribution in [0.1, 0.15) is 6.92 Å². The van der Waals surface area contributed by atoms with Gasteiger partial charge in [-0.25, -0.2) is 4.68 Å². The van der Waals surface area contributed by atoms with Crippen LogP contribution in [0, 0.1) is 10.1 Å². The molecule has 26 heavy (non-hydrogen) atoms. The summed E-state index contributed by atoms with van der Waals surface area (Å²) >= 11 is 18.1. The molecular weight excluding hydrogens is 411 g/mol. The van der Waals surface area contributed by atoms with Gasteiger partial charge < -0.3 is 14.8 Å². The summed E-state index contributed by atoms with van der Waals surface area (Å²) in [5.41, 5.74) is -0.312. The SMILES string of the molecule is COC(C)OCC(=O)Nc1c([N+](=O)[O-])cnn1-c1c(Cl)cc(Cl)cc1Cl. The van der Waals surface area contributed by atoms with Crippen molar-refractivity contribution in [2.24, 2.45) is 0 Å². The Morgan fingerprint density at radius 2 is 2.00 bits per heavy atom. The van der Waals surface area contributed by atoms with Gasteiger partial charge in [-0.05, 0) is 19.1 Å². The average molecular weight is 424 g/mol. The van der Waals surface area contributed by atoms with Crippen LogP contribution in [0.15, 0.2) is 18.3 Å². The van der Waals surface area contributed by atoms with Crippen molar-refractivity contribution in [1.29, 1.82) is 0 Å². The minimum atomic E-state index is -0.699. The van der Waals surface area contributed by atoms with E-state index in [0.29, 0.717) is 0 Å². The number of amides is 1. The van der Waals surface area contributed by atoms with Gasteiger partial charge in [0.1, 0.15) is 18.5 Å². The van der Waals surface area contributed by atoms with Gasteiger partial charge in [0.25, 0.3) is 5.91 Å². The lowest BCUT2D eigenvalue weighted by molar-refractivity contribution is -0.384. The zero-order chi connectivity index (χ0) is 19.4. The molecule has 0 spiro atoms. The van der Waals surface area contributed by atoms with E-state index < -0.39 is 22.8 Å². The van der Waals surface area contributed by atoms with Gasteiger partial charge in [-0.2, -0.15) is 5.10 Å². The fraction of sp³-hybridized carbons (Fsp3) is 0.286. The minimum absolute atomic E-state index is 0.0975. The number of rotatable bonds is 7. The summed E-state index contributed by atoms with van der Waals surface area (Å²) in [7, 11) is 1.41. The second kappa shape index (κ2) is 8.65. The summed E-state index contributed by atoms with van der Waals surface area (Å²) in [4.78, 5) is 22.6. The van der Waals surface area contributed by atoms with Crippen molar-refractivity contribution < 1.29 is 19.2 Å². The number of nitro groups is 1. The van der Waals surface area contributed by atoms with Gasteiger partial charge in [0, 0.05) is 12.1 Å². The highest BCUT2D eigenvalue weighted by Gasteiger charge is 2.26. The summed E-state index contributed by atoms with van der Waals surface area (Å²) in [6, 6.07) is 2.79. The molecule has 1 unspecified atom stereocenters. The first-order valence-electron chi connectivity index (χ1n) is 7.06. The van der Waals surface area contributed by atoms with Crippen LogP contribution in [0.4, 0.5) is 11.5 Å². The largest absolute Gasteiger partial charge is 0.356 e. The van der Waals surface area contributed by atoms with E-state index in [0.717, 1.165) is 10.9 Å². The number of benzene rings is 1. The second-order valence-electron chi connectivity index (χ2n) is 4.93. The molecular formula is C14H13Cl3N4O5. The third kappa shape index (κ3) is 4.63. The first-order chi connectivity index (χ1) is 12.2. The molecule has 1 atom stereocenters. The molecule has 2 rings (SSSR count). The van der Waals surface area contributed by atoms with Gasteiger partial charge in [-0.15, -0.1) is 0 Å². The third-order valence-electron chi connectivity index (χ3n) is 3.18. The van der Waals surface area contributed by atoms with Crippen molar-refractivity contribution >= 4 is 52.2 Å². The molecule has 0 aliphatic heterocycles. The molecule has 1 heterocycles. The lowest BCUT2D eigenvalue weighted by Gasteiger charge is -2.13. The van der Waals surface area contributed by atoms with Crippen LogP contribution in [0.5, 0.6) is 0 Å². The molecule has 0 aliphatic rings. The number of nitrogens with zero attached hydrogens (tertiary/aromatic N) is 3. The van der Waals surface area contributed by atoms with Crippen molar-refractivity contribution in [3.63, 3.8) is 0 Å². The third-order valence-corrected chi connectivity index (χ3v) is 3.97. The Morgan fingerprint density at radius 1 is 1.38 bits per heavy atom. The summed E-state index contributed by atoms with van der Waals surface area (Å²) in [5.74, 6) is -0.875. The van der Waals surface area contributed by atoms with E-state index in [9.17, 15) is 14.9 Å². The normalized spacial score (nSPS) is 12.0. The monoisotopic (exact) mass is 422 g/mol. The van der Waals surface area contributed by atoms with Gasteiger partial charge >= 0.3 is 5.69 Å². The van der Waals surface area contributed by atoms with Crippen LogP contribution in [-0.4, -0.2) is 40.6 Å². The molecule has 0 radical (unpaired) electrons. The standard InChI is InChI=1S/C14H13Cl3N4O5/c1-7(25-2)26-6-12(22)19-14-11(21(23)24)5-18-20(14)13-9(16)3-8(15)4-10(13)17/h3-5,7H,6H2,1-2H3,(H,19,22). The smallest absolute Gasteiger partial charge is 0.331 e. The Kier molecular flexibility index (Phi) is 6.79. The number of carbonyl (C=O) groups is 1. The first-order valence-corrected chi connectivity index (χ1v) is 8.19. The summed E-state index contributed by atoms with van der Waals surface area (Å²) in [6.07, 6.45) is 0.344. The van der Waals surface area contributed by atoms with Crippen LogP contribution in [0.2, 0.25) is 15.1 Å². The lowest BCUT2D eigenvalue weighted by Crippen LogP contribution is -2.24. The zero-order valence-electron chi connectivity index (χ0n) is 13.5. The Bertz CT molecular complexity index is 819. The number of hydrogen-bond acceptors (Lipinski definition) is 6. The number of hydrogen-bond donors (Lipinski definition) is 1. The maximum absolute atomic E-state index is 12.1. The fourth-order valence-electron chi connectivity index (χ4n) is 1.93. The van der Waals surface area contributed by atoms with Gasteiger partial charge in [0.05, 0.1) is 15.0 Å². The molecule has 1 aromatic carbocycles. The Morgan fingerprint density at radius 3 is 2.54 bits per heavy atom. The molecule has 0 saturated heterocycles. The molecule has 1 aromatic heterocycles. The minimum Gasteiger partial charge on any atom is -0.356 e. The fourth-order valence-corrected chi connectivity index (χ4v) is 2.90. The van der Waals surface area contributed by atoms with E-state index >= 15 is 0 Å². The predicted molar refractivity (Wildman–Crippen MR) is 96.3 cm³/mol. The number of carbonyl (C=O) groups excluding carboxylic acids is 1. The van der Waals surface area contributed by atoms with Gasteiger partial charge in [-0.1, -0.05) is 34.8 Å². The Hall–Kier alpha value is -1.91. The van der Waals surface area contributed by atoms with Crippen LogP contribution in [0.25, 0.3) is 5.69 Å². The van der Waals surface area contributed by atoms with Gasteiger partial charge in [0.2, 0.25) is 5.82 Å². The molecule has 1 amide bonds. The van der Waals surface area contributed by atoms with Crippen LogP contribution >= 0.6 is 34.8 Å². The van der Waals surface area contributed by atoms with Gasteiger partial charge in [0.15, 0.2) is 6.29 Å². The van der Waals surface area contributed by atoms with Crippen molar-refractivity contribution in [3.8, 4) is 5.69 Å². The van der Waals surface area contributed by atoms with Crippen molar-refractivity contribution in [2.75, 3.05) is 19.0 Å². The zero-order valence-corrected chi connectivity index (χ0v) is 15.8. The summed E-state index contributed by atoms with van der Waals surface area (Å²) in [5, 5.41) is 18.0. The molecule has 0 fully saturated rings. The molecule has 2 aromatic rings. The number of halogens is 3. The molecule has 0 bridgehead atoms. The topological polar surface area (TPSA) is 109 Å². The van der Waals surface area contributed by atoms with Gasteiger partial charge in [-0.3, -0.25) is 14.9 Å². The van der Waals surface area contributed by atoms with Crippen LogP contribution in [0.3, 0.4) is 0 Å². The lowest BCUT2D eigenvalue weighted by atomic mass is 10.3. The predicted octanol–water partition coefficient (Wildman–Crippen LogP) is 3.69. The second-order valence-corrected chi connectivity index (χ2v) is 6.18. The highest BCUT2D eigenvalue weighted by molar-refractivity contribution is 6.40. The quantitative estimate of drug-likeness (QED) is 0.413. The highest BCUT2D eigenvalue weighted by atomic mass is 35.5. The highest BCUT2D eigenvalue weighted by Crippen LogP contribution is 2.36. The molecule has 1 N–H and O–H groups in total. The molecule has 9 nitrogen and oxygen atoms in total. The maximum atomic E-state index is 12.1. The Labute approximate surface area is 162 Å². The van der Waals surface area contributed by atoms with E-state index in [2.05, 4.69) is 10.4 Å². The molecule has 12 heteroatoms. The molecule has 140 valence electrons. The van der Waals surface area contributed by atoms with Crippen molar-refractivity contribution in [1.82, 2.24) is 9.78 Å². The van der Waals surface area contributed by atoms with E-state index in [1.165, 1.54) is 19.2 Å². The Balaban J connectivity index is 2.41. The molecule has 0 saturated carbocycles. The number of ether oxygens (including phenoxy) is 2. The average Bonchev–Trinajstić information content (AvgIpc) is 2.95. The van der Waals surface area contributed by atoms with E-state index in [4.69, 9.17) is 44.3 Å². The summed E-state index contributed by atoms with van der Waals surface area (Å²) < 4.78 is 11.0. The van der Waals surface area contributed by atoms with E-state index in [-0.39, 0.29) is 33.2 Å².